The first-order valence-electron chi connectivity index (χ1n) is 11.0. The van der Waals surface area contributed by atoms with E-state index < -0.39 is 17.9 Å². The SMILES string of the molecule is N#CSc1ccc(CC(CN2CCN(CC(=O)O)CCN(CC(=O)O)CC2)NCC(=O)O)cc1. The fraction of sp³-hybridized carbons (Fsp3) is 0.545. The summed E-state index contributed by atoms with van der Waals surface area (Å²) in [4.78, 5) is 40.2. The minimum atomic E-state index is -0.962. The van der Waals surface area contributed by atoms with Crippen molar-refractivity contribution in [3.05, 3.63) is 29.8 Å². The molecule has 11 nitrogen and oxygen atoms in total. The molecule has 0 spiro atoms. The monoisotopic (exact) mass is 493 g/mol. The lowest BCUT2D eigenvalue weighted by Crippen LogP contribution is -2.47. The van der Waals surface area contributed by atoms with Crippen LogP contribution < -0.4 is 5.32 Å². The predicted octanol–water partition coefficient (Wildman–Crippen LogP) is -0.0661. The molecule has 1 aliphatic rings. The molecule has 1 aliphatic heterocycles. The number of carboxylic acids is 3. The van der Waals surface area contributed by atoms with Crippen LogP contribution in [0.4, 0.5) is 0 Å². The molecule has 0 radical (unpaired) electrons. The van der Waals surface area contributed by atoms with E-state index in [2.05, 4.69) is 10.2 Å². The topological polar surface area (TPSA) is 157 Å². The third-order valence-corrected chi connectivity index (χ3v) is 6.10. The lowest BCUT2D eigenvalue weighted by Gasteiger charge is -2.29. The molecule has 34 heavy (non-hydrogen) atoms. The van der Waals surface area contributed by atoms with E-state index in [1.807, 2.05) is 29.7 Å². The van der Waals surface area contributed by atoms with Crippen molar-refractivity contribution in [1.29, 1.82) is 5.26 Å². The van der Waals surface area contributed by atoms with Gasteiger partial charge in [0.15, 0.2) is 0 Å². The van der Waals surface area contributed by atoms with Crippen LogP contribution in [-0.2, 0) is 20.8 Å². The number of hydrogen-bond donors (Lipinski definition) is 4. The number of aliphatic carboxylic acids is 3. The van der Waals surface area contributed by atoms with Crippen LogP contribution in [-0.4, -0.2) is 119 Å². The van der Waals surface area contributed by atoms with Gasteiger partial charge in [-0.15, -0.1) is 0 Å². The lowest BCUT2D eigenvalue weighted by molar-refractivity contribution is -0.140. The normalized spacial score (nSPS) is 17.1. The third kappa shape index (κ3) is 11.0. The molecule has 1 atom stereocenters. The minimum Gasteiger partial charge on any atom is -0.480 e. The van der Waals surface area contributed by atoms with E-state index in [4.69, 9.17) is 10.4 Å². The molecule has 0 bridgehead atoms. The van der Waals surface area contributed by atoms with E-state index in [1.165, 1.54) is 0 Å². The van der Waals surface area contributed by atoms with Crippen molar-refractivity contribution < 1.29 is 29.7 Å². The largest absolute Gasteiger partial charge is 0.480 e. The second-order valence-corrected chi connectivity index (χ2v) is 9.01. The summed E-state index contributed by atoms with van der Waals surface area (Å²) < 4.78 is 0. The van der Waals surface area contributed by atoms with Crippen LogP contribution in [0.25, 0.3) is 0 Å². The van der Waals surface area contributed by atoms with E-state index in [9.17, 15) is 24.6 Å². The summed E-state index contributed by atoms with van der Waals surface area (Å²) in [5.74, 6) is -2.83. The Morgan fingerprint density at radius 2 is 1.38 bits per heavy atom. The van der Waals surface area contributed by atoms with Crippen molar-refractivity contribution in [2.75, 3.05) is 65.4 Å². The average molecular weight is 494 g/mol. The quantitative estimate of drug-likeness (QED) is 0.227. The van der Waals surface area contributed by atoms with Gasteiger partial charge >= 0.3 is 17.9 Å². The van der Waals surface area contributed by atoms with Crippen LogP contribution >= 0.6 is 11.8 Å². The van der Waals surface area contributed by atoms with Crippen LogP contribution in [0.2, 0.25) is 0 Å². The first-order valence-corrected chi connectivity index (χ1v) is 11.8. The molecule has 12 heteroatoms. The van der Waals surface area contributed by atoms with Gasteiger partial charge < -0.3 is 20.6 Å². The maximum atomic E-state index is 11.2. The highest BCUT2D eigenvalue weighted by Crippen LogP contribution is 2.17. The van der Waals surface area contributed by atoms with Gasteiger partial charge in [0.05, 0.1) is 19.6 Å². The molecule has 2 rings (SSSR count). The van der Waals surface area contributed by atoms with Crippen LogP contribution in [0, 0.1) is 10.7 Å². The molecule has 1 unspecified atom stereocenters. The maximum Gasteiger partial charge on any atom is 0.317 e. The summed E-state index contributed by atoms with van der Waals surface area (Å²) in [5.41, 5.74) is 0.995. The summed E-state index contributed by atoms with van der Waals surface area (Å²) in [6, 6.07) is 7.34. The molecule has 1 saturated heterocycles. The Morgan fingerprint density at radius 3 is 1.82 bits per heavy atom. The molecule has 0 aromatic heterocycles. The lowest BCUT2D eigenvalue weighted by atomic mass is 10.1. The van der Waals surface area contributed by atoms with E-state index in [-0.39, 0.29) is 25.7 Å². The van der Waals surface area contributed by atoms with Crippen molar-refractivity contribution in [1.82, 2.24) is 20.0 Å². The van der Waals surface area contributed by atoms with E-state index in [1.54, 1.807) is 9.80 Å². The Balaban J connectivity index is 2.11. The Kier molecular flexibility index (Phi) is 11.8. The summed E-state index contributed by atoms with van der Waals surface area (Å²) in [5, 5.41) is 41.5. The number of carboxylic acid groups (broad SMARTS) is 3. The second kappa shape index (κ2) is 14.5. The first-order chi connectivity index (χ1) is 16.2. The highest BCUT2D eigenvalue weighted by molar-refractivity contribution is 8.03. The summed E-state index contributed by atoms with van der Waals surface area (Å²) in [6.45, 7) is 3.18. The van der Waals surface area contributed by atoms with Crippen molar-refractivity contribution >= 4 is 29.7 Å². The number of nitrogens with one attached hydrogen (secondary N) is 1. The van der Waals surface area contributed by atoms with Gasteiger partial charge in [-0.2, -0.15) is 5.26 Å². The van der Waals surface area contributed by atoms with Crippen LogP contribution in [0.3, 0.4) is 0 Å². The Labute approximate surface area is 202 Å². The highest BCUT2D eigenvalue weighted by Gasteiger charge is 2.22. The zero-order chi connectivity index (χ0) is 24.9. The number of benzene rings is 1. The van der Waals surface area contributed by atoms with Crippen LogP contribution in [0.15, 0.2) is 29.2 Å². The number of thiocyanates is 1. The summed E-state index contributed by atoms with van der Waals surface area (Å²) >= 11 is 1.07. The molecule has 4 N–H and O–H groups in total. The van der Waals surface area contributed by atoms with Gasteiger partial charge in [-0.1, -0.05) is 12.1 Å². The Morgan fingerprint density at radius 1 is 0.882 bits per heavy atom. The van der Waals surface area contributed by atoms with Gasteiger partial charge in [-0.25, -0.2) is 0 Å². The Bertz CT molecular complexity index is 834. The summed E-state index contributed by atoms with van der Waals surface area (Å²) in [7, 11) is 0. The average Bonchev–Trinajstić information content (AvgIpc) is 2.85. The smallest absolute Gasteiger partial charge is 0.317 e. The number of thioether (sulfide) groups is 1. The highest BCUT2D eigenvalue weighted by atomic mass is 32.2. The predicted molar refractivity (Wildman–Crippen MR) is 126 cm³/mol. The van der Waals surface area contributed by atoms with Crippen molar-refractivity contribution in [2.45, 2.75) is 17.4 Å². The van der Waals surface area contributed by atoms with Gasteiger partial charge in [0.2, 0.25) is 0 Å². The molecule has 1 fully saturated rings. The van der Waals surface area contributed by atoms with E-state index >= 15 is 0 Å². The molecule has 0 amide bonds. The van der Waals surface area contributed by atoms with Crippen LogP contribution in [0.1, 0.15) is 5.56 Å². The molecule has 1 aromatic carbocycles. The van der Waals surface area contributed by atoms with Crippen molar-refractivity contribution in [3.63, 3.8) is 0 Å². The van der Waals surface area contributed by atoms with Gasteiger partial charge in [0, 0.05) is 56.8 Å². The maximum absolute atomic E-state index is 11.2. The standard InChI is InChI=1S/C22H31N5O6S/c23-16-34-19-3-1-17(2-4-19)11-18(24-12-20(28)29)13-25-5-7-26(14-21(30)31)9-10-27(8-6-25)15-22(32)33/h1-4,18,24H,5-15H2,(H,28,29)(H,30,31)(H,32,33). The fourth-order valence-electron chi connectivity index (χ4n) is 3.84. The number of hydrogen-bond acceptors (Lipinski definition) is 9. The fourth-order valence-corrected chi connectivity index (χ4v) is 4.22. The van der Waals surface area contributed by atoms with Gasteiger partial charge in [0.1, 0.15) is 5.40 Å². The van der Waals surface area contributed by atoms with E-state index in [0.29, 0.717) is 52.2 Å². The Hall–Kier alpha value is -2.69. The van der Waals surface area contributed by atoms with Crippen molar-refractivity contribution in [3.8, 4) is 5.40 Å². The zero-order valence-electron chi connectivity index (χ0n) is 18.9. The third-order valence-electron chi connectivity index (χ3n) is 5.50. The zero-order valence-corrected chi connectivity index (χ0v) is 19.7. The minimum absolute atomic E-state index is 0.123. The number of nitrogens with zero attached hydrogens (tertiary/aromatic N) is 4. The van der Waals surface area contributed by atoms with Crippen LogP contribution in [0.5, 0.6) is 0 Å². The molecular weight excluding hydrogens is 462 g/mol. The van der Waals surface area contributed by atoms with Gasteiger partial charge in [-0.05, 0) is 35.9 Å². The number of carbonyl (C=O) groups is 3. The molecule has 1 heterocycles. The molecule has 0 saturated carbocycles. The molecule has 1 aromatic rings. The number of nitriles is 1. The molecular formula is C22H31N5O6S. The first kappa shape index (κ1) is 27.6. The molecule has 0 aliphatic carbocycles. The van der Waals surface area contributed by atoms with E-state index in [0.717, 1.165) is 22.2 Å². The number of rotatable bonds is 12. The molecule has 186 valence electrons. The van der Waals surface area contributed by atoms with Gasteiger partial charge in [-0.3, -0.25) is 29.1 Å². The summed E-state index contributed by atoms with van der Waals surface area (Å²) in [6.07, 6.45) is 0.568. The van der Waals surface area contributed by atoms with Gasteiger partial charge in [0.25, 0.3) is 0 Å². The van der Waals surface area contributed by atoms with Crippen molar-refractivity contribution in [2.24, 2.45) is 0 Å². The second-order valence-electron chi connectivity index (χ2n) is 8.15.